The number of anilines is 1. The van der Waals surface area contributed by atoms with Crippen LogP contribution in [0.5, 0.6) is 0 Å². The van der Waals surface area contributed by atoms with Crippen molar-refractivity contribution in [3.63, 3.8) is 0 Å². The third-order valence-electron chi connectivity index (χ3n) is 3.39. The second kappa shape index (κ2) is 7.92. The summed E-state index contributed by atoms with van der Waals surface area (Å²) in [6, 6.07) is 15.0. The summed E-state index contributed by atoms with van der Waals surface area (Å²) in [6.07, 6.45) is 2.77. The third kappa shape index (κ3) is 4.43. The number of aromatic nitrogens is 1. The fourth-order valence-corrected chi connectivity index (χ4v) is 3.24. The average Bonchev–Trinajstić information content (AvgIpc) is 3.03. The SMILES string of the molecule is N=C/C(=C\Nc1nc2ccccc2s1)NC(=O)Cc1ccccc1Cl. The van der Waals surface area contributed by atoms with E-state index >= 15 is 0 Å². The number of rotatable bonds is 6. The summed E-state index contributed by atoms with van der Waals surface area (Å²) in [4.78, 5) is 16.6. The molecular weight excluding hydrogens is 356 g/mol. The number of amides is 1. The highest BCUT2D eigenvalue weighted by Gasteiger charge is 2.08. The van der Waals surface area contributed by atoms with Gasteiger partial charge in [-0.25, -0.2) is 4.98 Å². The van der Waals surface area contributed by atoms with Crippen LogP contribution in [0.4, 0.5) is 5.13 Å². The van der Waals surface area contributed by atoms with Gasteiger partial charge in [0.05, 0.1) is 22.3 Å². The summed E-state index contributed by atoms with van der Waals surface area (Å²) in [5.74, 6) is -0.242. The first-order valence-corrected chi connectivity index (χ1v) is 8.71. The summed E-state index contributed by atoms with van der Waals surface area (Å²) < 4.78 is 1.07. The second-order valence-electron chi connectivity index (χ2n) is 5.19. The first kappa shape index (κ1) is 17.1. The molecule has 0 saturated heterocycles. The van der Waals surface area contributed by atoms with E-state index in [1.807, 2.05) is 36.4 Å². The van der Waals surface area contributed by atoms with Crippen LogP contribution in [0.25, 0.3) is 10.2 Å². The van der Waals surface area contributed by atoms with E-state index in [4.69, 9.17) is 17.0 Å². The number of nitrogens with one attached hydrogen (secondary N) is 3. The van der Waals surface area contributed by atoms with Crippen LogP contribution in [0.2, 0.25) is 5.02 Å². The maximum atomic E-state index is 12.1. The van der Waals surface area contributed by atoms with E-state index in [1.54, 1.807) is 18.3 Å². The van der Waals surface area contributed by atoms with Crippen LogP contribution in [0, 0.1) is 5.41 Å². The normalized spacial score (nSPS) is 11.3. The average molecular weight is 371 g/mol. The first-order chi connectivity index (χ1) is 12.2. The van der Waals surface area contributed by atoms with Crippen molar-refractivity contribution in [1.82, 2.24) is 10.3 Å². The molecule has 3 aromatic rings. The van der Waals surface area contributed by atoms with Crippen LogP contribution in [0.1, 0.15) is 5.56 Å². The number of fused-ring (bicyclic) bond motifs is 1. The highest BCUT2D eigenvalue weighted by Crippen LogP contribution is 2.25. The van der Waals surface area contributed by atoms with Crippen LogP contribution in [-0.4, -0.2) is 17.1 Å². The Morgan fingerprint density at radius 2 is 1.96 bits per heavy atom. The minimum absolute atomic E-state index is 0.145. The van der Waals surface area contributed by atoms with E-state index in [2.05, 4.69) is 15.6 Å². The highest BCUT2D eigenvalue weighted by molar-refractivity contribution is 7.22. The van der Waals surface area contributed by atoms with Gasteiger partial charge >= 0.3 is 0 Å². The molecule has 0 atom stereocenters. The van der Waals surface area contributed by atoms with Crippen molar-refractivity contribution in [1.29, 1.82) is 5.41 Å². The molecule has 25 heavy (non-hydrogen) atoms. The quantitative estimate of drug-likeness (QED) is 0.569. The molecule has 0 spiro atoms. The Kier molecular flexibility index (Phi) is 5.42. The molecule has 1 amide bonds. The van der Waals surface area contributed by atoms with Gasteiger partial charge in [-0.2, -0.15) is 0 Å². The summed E-state index contributed by atoms with van der Waals surface area (Å²) in [7, 11) is 0. The molecule has 7 heteroatoms. The minimum Gasteiger partial charge on any atom is -0.336 e. The van der Waals surface area contributed by atoms with Crippen molar-refractivity contribution >= 4 is 50.4 Å². The van der Waals surface area contributed by atoms with Crippen molar-refractivity contribution in [2.75, 3.05) is 5.32 Å². The maximum Gasteiger partial charge on any atom is 0.228 e. The van der Waals surface area contributed by atoms with Gasteiger partial charge in [0.15, 0.2) is 5.13 Å². The lowest BCUT2D eigenvalue weighted by Gasteiger charge is -2.07. The van der Waals surface area contributed by atoms with Crippen LogP contribution in [0.3, 0.4) is 0 Å². The fourth-order valence-electron chi connectivity index (χ4n) is 2.21. The summed E-state index contributed by atoms with van der Waals surface area (Å²) in [6.45, 7) is 0. The van der Waals surface area contributed by atoms with Crippen LogP contribution in [0.15, 0.2) is 60.4 Å². The molecule has 0 aliphatic carbocycles. The largest absolute Gasteiger partial charge is 0.336 e. The zero-order valence-corrected chi connectivity index (χ0v) is 14.7. The van der Waals surface area contributed by atoms with Gasteiger partial charge in [-0.1, -0.05) is 53.3 Å². The molecule has 2 aromatic carbocycles. The lowest BCUT2D eigenvalue weighted by molar-refractivity contribution is -0.119. The van der Waals surface area contributed by atoms with Crippen molar-refractivity contribution in [2.45, 2.75) is 6.42 Å². The van der Waals surface area contributed by atoms with Crippen molar-refractivity contribution in [2.24, 2.45) is 0 Å². The van der Waals surface area contributed by atoms with E-state index in [9.17, 15) is 4.79 Å². The standard InChI is InChI=1S/C18H15ClN4OS/c19-14-6-2-1-5-12(14)9-17(24)22-13(10-20)11-21-18-23-15-7-3-4-8-16(15)25-18/h1-8,10-11,20H,9H2,(H,21,23)(H,22,24)/b13-11+,20-10?. The molecule has 0 aliphatic rings. The number of carbonyl (C=O) groups is 1. The van der Waals surface area contributed by atoms with Crippen molar-refractivity contribution in [3.8, 4) is 0 Å². The number of nitrogens with zero attached hydrogens (tertiary/aromatic N) is 1. The monoisotopic (exact) mass is 370 g/mol. The minimum atomic E-state index is -0.242. The number of halogens is 1. The molecule has 0 saturated carbocycles. The second-order valence-corrected chi connectivity index (χ2v) is 6.63. The van der Waals surface area contributed by atoms with E-state index in [0.29, 0.717) is 15.9 Å². The van der Waals surface area contributed by atoms with Gasteiger partial charge < -0.3 is 16.0 Å². The number of hydrogen-bond donors (Lipinski definition) is 3. The molecule has 1 aromatic heterocycles. The molecule has 0 aliphatic heterocycles. The molecule has 5 nitrogen and oxygen atoms in total. The smallest absolute Gasteiger partial charge is 0.228 e. The number of carbonyl (C=O) groups excluding carboxylic acids is 1. The third-order valence-corrected chi connectivity index (χ3v) is 4.73. The number of thiazole rings is 1. The van der Waals surface area contributed by atoms with Gasteiger partial charge in [0, 0.05) is 17.4 Å². The Hall–Kier alpha value is -2.70. The number of hydrogen-bond acceptors (Lipinski definition) is 5. The molecule has 0 radical (unpaired) electrons. The predicted octanol–water partition coefficient (Wildman–Crippen LogP) is 4.21. The van der Waals surface area contributed by atoms with Gasteiger partial charge in [-0.05, 0) is 23.8 Å². The summed E-state index contributed by atoms with van der Waals surface area (Å²) in [5.41, 5.74) is 1.99. The van der Waals surface area contributed by atoms with Crippen molar-refractivity contribution < 1.29 is 4.79 Å². The van der Waals surface area contributed by atoms with E-state index < -0.39 is 0 Å². The zero-order chi connectivity index (χ0) is 17.6. The fraction of sp³-hybridized carbons (Fsp3) is 0.0556. The Morgan fingerprint density at radius 3 is 2.72 bits per heavy atom. The molecular formula is C18H15ClN4OS. The lowest BCUT2D eigenvalue weighted by Crippen LogP contribution is -2.25. The maximum absolute atomic E-state index is 12.1. The van der Waals surface area contributed by atoms with E-state index in [0.717, 1.165) is 22.0 Å². The first-order valence-electron chi connectivity index (χ1n) is 7.52. The Morgan fingerprint density at radius 1 is 1.20 bits per heavy atom. The molecule has 1 heterocycles. The summed E-state index contributed by atoms with van der Waals surface area (Å²) >= 11 is 7.56. The van der Waals surface area contributed by atoms with E-state index in [1.165, 1.54) is 11.3 Å². The van der Waals surface area contributed by atoms with Gasteiger partial charge in [-0.15, -0.1) is 0 Å². The Bertz CT molecular complexity index is 918. The van der Waals surface area contributed by atoms with Crippen LogP contribution >= 0.6 is 22.9 Å². The van der Waals surface area contributed by atoms with Gasteiger partial charge in [0.1, 0.15) is 0 Å². The Labute approximate surface area is 153 Å². The molecule has 3 N–H and O–H groups in total. The van der Waals surface area contributed by atoms with Gasteiger partial charge in [0.2, 0.25) is 5.91 Å². The van der Waals surface area contributed by atoms with Gasteiger partial charge in [-0.3, -0.25) is 4.79 Å². The molecule has 0 unspecified atom stereocenters. The van der Waals surface area contributed by atoms with Crippen LogP contribution in [-0.2, 0) is 11.2 Å². The molecule has 126 valence electrons. The van der Waals surface area contributed by atoms with E-state index in [-0.39, 0.29) is 12.3 Å². The topological polar surface area (TPSA) is 77.9 Å². The molecule has 3 rings (SSSR count). The lowest BCUT2D eigenvalue weighted by atomic mass is 10.1. The Balaban J connectivity index is 1.65. The zero-order valence-electron chi connectivity index (χ0n) is 13.1. The van der Waals surface area contributed by atoms with Crippen molar-refractivity contribution in [3.05, 3.63) is 71.0 Å². The highest BCUT2D eigenvalue weighted by atomic mass is 35.5. The summed E-state index contributed by atoms with van der Waals surface area (Å²) in [5, 5.41) is 14.4. The molecule has 0 bridgehead atoms. The number of allylic oxidation sites excluding steroid dienone is 1. The molecule has 0 fully saturated rings. The van der Waals surface area contributed by atoms with Crippen LogP contribution < -0.4 is 10.6 Å². The number of para-hydroxylation sites is 1. The number of benzene rings is 2. The van der Waals surface area contributed by atoms with Gasteiger partial charge in [0.25, 0.3) is 0 Å². The predicted molar refractivity (Wildman–Crippen MR) is 103 cm³/mol.